The van der Waals surface area contributed by atoms with Gasteiger partial charge in [-0.2, -0.15) is 0 Å². The number of hydrogen-bond acceptors (Lipinski definition) is 5. The molecule has 1 aromatic heterocycles. The molecule has 0 unspecified atom stereocenters. The Bertz CT molecular complexity index is 1370. The molecule has 3 N–H and O–H groups in total. The van der Waals surface area contributed by atoms with Crippen molar-refractivity contribution >= 4 is 40.1 Å². The quantitative estimate of drug-likeness (QED) is 0.255. The van der Waals surface area contributed by atoms with Crippen LogP contribution in [-0.4, -0.2) is 51.6 Å². The van der Waals surface area contributed by atoms with Crippen molar-refractivity contribution in [2.75, 3.05) is 25.0 Å². The van der Waals surface area contributed by atoms with E-state index in [2.05, 4.69) is 36.0 Å². The van der Waals surface area contributed by atoms with Gasteiger partial charge in [0.2, 0.25) is 0 Å². The number of aromatic carboxylic acids is 1. The Morgan fingerprint density at radius 2 is 1.54 bits per heavy atom. The molecule has 0 saturated carbocycles. The van der Waals surface area contributed by atoms with Crippen LogP contribution in [0.3, 0.4) is 0 Å². The summed E-state index contributed by atoms with van der Waals surface area (Å²) in [5, 5.41) is 23.8. The number of aromatic hydroxyl groups is 1. The summed E-state index contributed by atoms with van der Waals surface area (Å²) in [5.41, 5.74) is 1.52. The van der Waals surface area contributed by atoms with Gasteiger partial charge >= 0.3 is 5.97 Å². The molecular formula is C29H30ClN3O4. The van der Waals surface area contributed by atoms with Crippen molar-refractivity contribution in [1.29, 1.82) is 0 Å². The number of carbonyl (C=O) groups excluding carboxylic acids is 1. The van der Waals surface area contributed by atoms with Crippen LogP contribution < -0.4 is 5.32 Å². The summed E-state index contributed by atoms with van der Waals surface area (Å²) in [6, 6.07) is 20.0. The number of carbonyl (C=O) groups is 2. The van der Waals surface area contributed by atoms with E-state index in [1.54, 1.807) is 60.7 Å². The molecule has 192 valence electrons. The zero-order valence-corrected chi connectivity index (χ0v) is 21.8. The number of anilines is 1. The van der Waals surface area contributed by atoms with E-state index >= 15 is 0 Å². The van der Waals surface area contributed by atoms with Gasteiger partial charge in [-0.3, -0.25) is 4.79 Å². The first kappa shape index (κ1) is 27.6. The van der Waals surface area contributed by atoms with Crippen LogP contribution in [0.25, 0.3) is 22.2 Å². The second kappa shape index (κ2) is 12.9. The van der Waals surface area contributed by atoms with E-state index in [-0.39, 0.29) is 22.2 Å². The fourth-order valence-electron chi connectivity index (χ4n) is 3.82. The van der Waals surface area contributed by atoms with E-state index < -0.39 is 17.6 Å². The number of pyridine rings is 1. The zero-order chi connectivity index (χ0) is 26.9. The average molecular weight is 520 g/mol. The van der Waals surface area contributed by atoms with Gasteiger partial charge < -0.3 is 20.4 Å². The maximum absolute atomic E-state index is 12.6. The summed E-state index contributed by atoms with van der Waals surface area (Å²) < 4.78 is 0. The highest BCUT2D eigenvalue weighted by atomic mass is 35.5. The smallest absolute Gasteiger partial charge is 0.340 e. The van der Waals surface area contributed by atoms with Gasteiger partial charge in [-0.25, -0.2) is 9.78 Å². The first-order valence-electron chi connectivity index (χ1n) is 12.0. The molecule has 0 spiro atoms. The van der Waals surface area contributed by atoms with Crippen molar-refractivity contribution in [3.05, 3.63) is 88.9 Å². The number of rotatable bonds is 7. The number of carboxylic acid groups (broad SMARTS) is 1. The molecule has 8 heteroatoms. The Morgan fingerprint density at radius 3 is 2.08 bits per heavy atom. The fraction of sp³-hybridized carbons (Fsp3) is 0.207. The van der Waals surface area contributed by atoms with E-state index in [4.69, 9.17) is 11.6 Å². The average Bonchev–Trinajstić information content (AvgIpc) is 2.90. The first-order chi connectivity index (χ1) is 17.8. The molecule has 1 heterocycles. The summed E-state index contributed by atoms with van der Waals surface area (Å²) >= 11 is 5.91. The Morgan fingerprint density at radius 1 is 0.919 bits per heavy atom. The SMILES string of the molecule is CCN(CC)CC.O=C(Nc1ccccc1)c1ccc2nc(-c3ccc(Cl)cc3)c(O)c(C(=O)O)c2c1. The minimum atomic E-state index is -1.32. The third-order valence-corrected chi connectivity index (χ3v) is 6.18. The minimum Gasteiger partial charge on any atom is -0.505 e. The third-order valence-electron chi connectivity index (χ3n) is 5.93. The van der Waals surface area contributed by atoms with Crippen LogP contribution >= 0.6 is 11.6 Å². The van der Waals surface area contributed by atoms with E-state index in [0.29, 0.717) is 21.8 Å². The lowest BCUT2D eigenvalue weighted by Crippen LogP contribution is -2.21. The molecule has 0 fully saturated rings. The molecule has 0 saturated heterocycles. The fourth-order valence-corrected chi connectivity index (χ4v) is 3.94. The predicted molar refractivity (Wildman–Crippen MR) is 149 cm³/mol. The van der Waals surface area contributed by atoms with Crippen molar-refractivity contribution in [2.24, 2.45) is 0 Å². The number of hydrogen-bond donors (Lipinski definition) is 3. The van der Waals surface area contributed by atoms with Crippen LogP contribution in [0.5, 0.6) is 5.75 Å². The van der Waals surface area contributed by atoms with Crippen LogP contribution in [-0.2, 0) is 0 Å². The Balaban J connectivity index is 0.000000479. The number of para-hydroxylation sites is 1. The largest absolute Gasteiger partial charge is 0.505 e. The zero-order valence-electron chi connectivity index (χ0n) is 21.0. The molecule has 7 nitrogen and oxygen atoms in total. The Labute approximate surface area is 221 Å². The lowest BCUT2D eigenvalue weighted by atomic mass is 10.0. The van der Waals surface area contributed by atoms with E-state index in [0.717, 1.165) is 0 Å². The monoisotopic (exact) mass is 519 g/mol. The van der Waals surface area contributed by atoms with Gasteiger partial charge in [-0.15, -0.1) is 0 Å². The van der Waals surface area contributed by atoms with E-state index in [9.17, 15) is 19.8 Å². The molecule has 0 aliphatic heterocycles. The summed E-state index contributed by atoms with van der Waals surface area (Å²) in [6.45, 7) is 10.1. The molecule has 0 aliphatic carbocycles. The normalized spacial score (nSPS) is 10.6. The molecule has 0 aliphatic rings. The van der Waals surface area contributed by atoms with Crippen LogP contribution in [0.1, 0.15) is 41.5 Å². The number of aromatic nitrogens is 1. The lowest BCUT2D eigenvalue weighted by molar-refractivity contribution is 0.0695. The highest BCUT2D eigenvalue weighted by molar-refractivity contribution is 6.30. The third kappa shape index (κ3) is 6.84. The molecule has 4 aromatic rings. The van der Waals surface area contributed by atoms with Gasteiger partial charge in [-0.1, -0.05) is 62.7 Å². The Kier molecular flexibility index (Phi) is 9.60. The molecule has 37 heavy (non-hydrogen) atoms. The molecule has 0 atom stereocenters. The van der Waals surface area contributed by atoms with Crippen molar-refractivity contribution in [3.63, 3.8) is 0 Å². The summed E-state index contributed by atoms with van der Waals surface area (Å²) in [4.78, 5) is 31.3. The second-order valence-electron chi connectivity index (χ2n) is 8.17. The standard InChI is InChI=1S/C23H15ClN2O4.C6H15N/c24-15-9-6-13(7-10-15)20-21(27)19(23(29)30)17-12-14(8-11-18(17)26-20)22(28)25-16-4-2-1-3-5-16;1-4-7(5-2)6-3/h1-12,27H,(H,25,28)(H,29,30);4-6H2,1-3H3. The summed E-state index contributed by atoms with van der Waals surface area (Å²) in [7, 11) is 0. The van der Waals surface area contributed by atoms with Crippen LogP contribution in [0.15, 0.2) is 72.8 Å². The number of fused-ring (bicyclic) bond motifs is 1. The van der Waals surface area contributed by atoms with Crippen LogP contribution in [0.4, 0.5) is 5.69 Å². The van der Waals surface area contributed by atoms with Gasteiger partial charge in [-0.05, 0) is 62.1 Å². The predicted octanol–water partition coefficient (Wildman–Crippen LogP) is 6.56. The highest BCUT2D eigenvalue weighted by Gasteiger charge is 2.22. The van der Waals surface area contributed by atoms with Crippen LogP contribution in [0, 0.1) is 0 Å². The van der Waals surface area contributed by atoms with Gasteiger partial charge in [0.25, 0.3) is 5.91 Å². The topological polar surface area (TPSA) is 103 Å². The van der Waals surface area contributed by atoms with Crippen molar-refractivity contribution in [3.8, 4) is 17.0 Å². The van der Waals surface area contributed by atoms with Crippen molar-refractivity contribution in [2.45, 2.75) is 20.8 Å². The summed E-state index contributed by atoms with van der Waals surface area (Å²) in [5.74, 6) is -2.20. The Hall–Kier alpha value is -3.94. The van der Waals surface area contributed by atoms with Crippen molar-refractivity contribution < 1.29 is 19.8 Å². The number of nitrogens with one attached hydrogen (secondary N) is 1. The van der Waals surface area contributed by atoms with Gasteiger partial charge in [0, 0.05) is 27.2 Å². The van der Waals surface area contributed by atoms with E-state index in [1.165, 1.54) is 25.7 Å². The molecule has 1 amide bonds. The maximum Gasteiger partial charge on any atom is 0.340 e. The molecule has 0 radical (unpaired) electrons. The number of amides is 1. The lowest BCUT2D eigenvalue weighted by Gasteiger charge is -2.13. The number of benzene rings is 3. The van der Waals surface area contributed by atoms with Crippen molar-refractivity contribution in [1.82, 2.24) is 9.88 Å². The first-order valence-corrected chi connectivity index (χ1v) is 12.4. The number of halogens is 1. The van der Waals surface area contributed by atoms with E-state index in [1.807, 2.05) is 6.07 Å². The highest BCUT2D eigenvalue weighted by Crippen LogP contribution is 2.36. The molecule has 4 rings (SSSR count). The van der Waals surface area contributed by atoms with Crippen LogP contribution in [0.2, 0.25) is 5.02 Å². The van der Waals surface area contributed by atoms with Gasteiger partial charge in [0.1, 0.15) is 11.3 Å². The maximum atomic E-state index is 12.6. The number of carboxylic acids is 1. The number of nitrogens with zero attached hydrogens (tertiary/aromatic N) is 2. The minimum absolute atomic E-state index is 0.123. The molecule has 0 bridgehead atoms. The van der Waals surface area contributed by atoms with Gasteiger partial charge in [0.05, 0.1) is 5.52 Å². The second-order valence-corrected chi connectivity index (χ2v) is 8.60. The molecule has 3 aromatic carbocycles. The van der Waals surface area contributed by atoms with Gasteiger partial charge in [0.15, 0.2) is 5.75 Å². The molecular weight excluding hydrogens is 490 g/mol. The summed E-state index contributed by atoms with van der Waals surface area (Å²) in [6.07, 6.45) is 0.